The average Bonchev–Trinajstić information content (AvgIpc) is 2.78. The van der Waals surface area contributed by atoms with Crippen LogP contribution in [0.4, 0.5) is 11.4 Å². The van der Waals surface area contributed by atoms with Crippen molar-refractivity contribution in [2.24, 2.45) is 0 Å². The Labute approximate surface area is 120 Å². The van der Waals surface area contributed by atoms with Gasteiger partial charge in [-0.2, -0.15) is 0 Å². The number of hydrogen-bond acceptors (Lipinski definition) is 6. The molecular formula is C13H15N3O5. The monoisotopic (exact) mass is 293 g/mol. The van der Waals surface area contributed by atoms with Gasteiger partial charge in [0.05, 0.1) is 11.5 Å². The van der Waals surface area contributed by atoms with Crippen molar-refractivity contribution in [3.05, 3.63) is 33.9 Å². The summed E-state index contributed by atoms with van der Waals surface area (Å²) >= 11 is 0. The van der Waals surface area contributed by atoms with E-state index in [1.807, 2.05) is 0 Å². The number of amides is 2. The zero-order chi connectivity index (χ0) is 15.4. The first kappa shape index (κ1) is 14.9. The van der Waals surface area contributed by atoms with Crippen molar-refractivity contribution in [2.45, 2.75) is 19.4 Å². The Hall–Kier alpha value is -2.48. The highest BCUT2D eigenvalue weighted by atomic mass is 16.6. The van der Waals surface area contributed by atoms with Crippen molar-refractivity contribution >= 4 is 23.2 Å². The van der Waals surface area contributed by atoms with Crippen LogP contribution in [0.25, 0.3) is 0 Å². The van der Waals surface area contributed by atoms with Crippen LogP contribution < -0.4 is 5.32 Å². The van der Waals surface area contributed by atoms with Gasteiger partial charge in [-0.15, -0.1) is 0 Å². The number of carbonyl (C=O) groups is 2. The van der Waals surface area contributed by atoms with Gasteiger partial charge >= 0.3 is 0 Å². The van der Waals surface area contributed by atoms with E-state index >= 15 is 0 Å². The second-order valence-electron chi connectivity index (χ2n) is 4.63. The SMILES string of the molecule is O=C1CCC(=O)N1CCNc1cc(CO)ccc1[N+](=O)[O-]. The zero-order valence-electron chi connectivity index (χ0n) is 11.2. The fourth-order valence-corrected chi connectivity index (χ4v) is 2.16. The van der Waals surface area contributed by atoms with Crippen molar-refractivity contribution < 1.29 is 19.6 Å². The van der Waals surface area contributed by atoms with Gasteiger partial charge in [0.1, 0.15) is 5.69 Å². The zero-order valence-corrected chi connectivity index (χ0v) is 11.2. The number of nitrogens with one attached hydrogen (secondary N) is 1. The number of aliphatic hydroxyl groups excluding tert-OH is 1. The summed E-state index contributed by atoms with van der Waals surface area (Å²) in [6.07, 6.45) is 0.442. The van der Waals surface area contributed by atoms with Crippen molar-refractivity contribution in [3.8, 4) is 0 Å². The van der Waals surface area contributed by atoms with Crippen molar-refractivity contribution in [1.29, 1.82) is 0 Å². The van der Waals surface area contributed by atoms with E-state index in [2.05, 4.69) is 5.32 Å². The first-order valence-corrected chi connectivity index (χ1v) is 6.48. The minimum absolute atomic E-state index is 0.119. The van der Waals surface area contributed by atoms with Crippen molar-refractivity contribution in [1.82, 2.24) is 4.90 Å². The number of aliphatic hydroxyl groups is 1. The first-order chi connectivity index (χ1) is 10.0. The number of nitro benzene ring substituents is 1. The Kier molecular flexibility index (Phi) is 4.49. The number of nitrogens with zero attached hydrogens (tertiary/aromatic N) is 2. The maximum Gasteiger partial charge on any atom is 0.292 e. The number of benzene rings is 1. The minimum Gasteiger partial charge on any atom is -0.392 e. The van der Waals surface area contributed by atoms with Crippen molar-refractivity contribution in [2.75, 3.05) is 18.4 Å². The molecule has 8 nitrogen and oxygen atoms in total. The number of carbonyl (C=O) groups excluding carboxylic acids is 2. The summed E-state index contributed by atoms with van der Waals surface area (Å²) in [6, 6.07) is 4.25. The molecule has 0 atom stereocenters. The normalized spacial score (nSPS) is 14.6. The Morgan fingerprint density at radius 2 is 1.95 bits per heavy atom. The topological polar surface area (TPSA) is 113 Å². The standard InChI is InChI=1S/C13H15N3O5/c17-8-9-1-2-11(16(20)21)10(7-9)14-5-6-15-12(18)3-4-13(15)19/h1-2,7,14,17H,3-6,8H2. The lowest BCUT2D eigenvalue weighted by molar-refractivity contribution is -0.384. The summed E-state index contributed by atoms with van der Waals surface area (Å²) in [6.45, 7) is 0.154. The highest BCUT2D eigenvalue weighted by Crippen LogP contribution is 2.25. The van der Waals surface area contributed by atoms with Gasteiger partial charge < -0.3 is 10.4 Å². The Morgan fingerprint density at radius 1 is 1.29 bits per heavy atom. The molecule has 1 heterocycles. The van der Waals surface area contributed by atoms with E-state index < -0.39 is 4.92 Å². The van der Waals surface area contributed by atoms with E-state index in [0.29, 0.717) is 5.56 Å². The van der Waals surface area contributed by atoms with E-state index in [4.69, 9.17) is 5.11 Å². The van der Waals surface area contributed by atoms with Gasteiger partial charge in [0, 0.05) is 32.0 Å². The van der Waals surface area contributed by atoms with Gasteiger partial charge in [0.25, 0.3) is 5.69 Å². The molecule has 0 spiro atoms. The summed E-state index contributed by atoms with van der Waals surface area (Å²) in [7, 11) is 0. The number of hydrogen-bond donors (Lipinski definition) is 2. The van der Waals surface area contributed by atoms with Crippen LogP contribution in [-0.4, -0.2) is 39.8 Å². The molecule has 0 saturated carbocycles. The Bertz CT molecular complexity index is 571. The predicted octanol–water partition coefficient (Wildman–Crippen LogP) is 0.648. The van der Waals surface area contributed by atoms with Gasteiger partial charge in [-0.05, 0) is 17.7 Å². The molecule has 112 valence electrons. The number of likely N-dealkylation sites (tertiary alicyclic amines) is 1. The number of rotatable bonds is 6. The highest BCUT2D eigenvalue weighted by Gasteiger charge is 2.28. The summed E-state index contributed by atoms with van der Waals surface area (Å²) in [5, 5.41) is 22.8. The van der Waals surface area contributed by atoms with E-state index in [1.165, 1.54) is 18.2 Å². The summed E-state index contributed by atoms with van der Waals surface area (Å²) in [4.78, 5) is 34.4. The maximum absolute atomic E-state index is 11.4. The fraction of sp³-hybridized carbons (Fsp3) is 0.385. The van der Waals surface area contributed by atoms with Crippen molar-refractivity contribution in [3.63, 3.8) is 0 Å². The number of nitro groups is 1. The molecule has 0 radical (unpaired) electrons. The van der Waals surface area contributed by atoms with Gasteiger partial charge in [-0.1, -0.05) is 0 Å². The molecule has 1 fully saturated rings. The second-order valence-corrected chi connectivity index (χ2v) is 4.63. The van der Waals surface area contributed by atoms with Gasteiger partial charge in [0.15, 0.2) is 0 Å². The largest absolute Gasteiger partial charge is 0.392 e. The van der Waals surface area contributed by atoms with Gasteiger partial charge in [0.2, 0.25) is 11.8 Å². The highest BCUT2D eigenvalue weighted by molar-refractivity contribution is 6.01. The third-order valence-electron chi connectivity index (χ3n) is 3.25. The van der Waals surface area contributed by atoms with Gasteiger partial charge in [-0.25, -0.2) is 0 Å². The van der Waals surface area contributed by atoms with Gasteiger partial charge in [-0.3, -0.25) is 24.6 Å². The second kappa shape index (κ2) is 6.31. The van der Waals surface area contributed by atoms with Crippen LogP contribution in [0.15, 0.2) is 18.2 Å². The maximum atomic E-state index is 11.4. The molecule has 1 aromatic rings. The van der Waals surface area contributed by atoms with Crippen LogP contribution in [0.3, 0.4) is 0 Å². The van der Waals surface area contributed by atoms with Crippen LogP contribution in [0.5, 0.6) is 0 Å². The number of anilines is 1. The molecule has 1 aliphatic rings. The molecule has 2 rings (SSSR count). The molecule has 1 aliphatic heterocycles. The smallest absolute Gasteiger partial charge is 0.292 e. The molecule has 0 aromatic heterocycles. The lowest BCUT2D eigenvalue weighted by Crippen LogP contribution is -2.33. The molecule has 2 N–H and O–H groups in total. The third-order valence-corrected chi connectivity index (χ3v) is 3.25. The molecule has 1 aromatic carbocycles. The summed E-state index contributed by atoms with van der Waals surface area (Å²) in [5.41, 5.74) is 0.674. The van der Waals surface area contributed by atoms with Crippen LogP contribution in [0, 0.1) is 10.1 Å². The minimum atomic E-state index is -0.532. The lowest BCUT2D eigenvalue weighted by atomic mass is 10.2. The van der Waals surface area contributed by atoms with Crippen LogP contribution in [0.1, 0.15) is 18.4 Å². The predicted molar refractivity (Wildman–Crippen MR) is 73.5 cm³/mol. The van der Waals surface area contributed by atoms with Crippen LogP contribution in [-0.2, 0) is 16.2 Å². The van der Waals surface area contributed by atoms with Crippen LogP contribution in [0.2, 0.25) is 0 Å². The summed E-state index contributed by atoms with van der Waals surface area (Å²) < 4.78 is 0. The van der Waals surface area contributed by atoms with Crippen LogP contribution >= 0.6 is 0 Å². The van der Waals surface area contributed by atoms with E-state index in [0.717, 1.165) is 4.90 Å². The van der Waals surface area contributed by atoms with E-state index in [9.17, 15) is 19.7 Å². The molecule has 21 heavy (non-hydrogen) atoms. The Balaban J connectivity index is 2.03. The molecule has 0 unspecified atom stereocenters. The third kappa shape index (κ3) is 3.34. The molecule has 0 aliphatic carbocycles. The Morgan fingerprint density at radius 3 is 2.52 bits per heavy atom. The quantitative estimate of drug-likeness (QED) is 0.452. The lowest BCUT2D eigenvalue weighted by Gasteiger charge is -2.15. The molecule has 8 heteroatoms. The number of imide groups is 1. The molecule has 2 amide bonds. The van der Waals surface area contributed by atoms with E-state index in [-0.39, 0.29) is 55.7 Å². The fourth-order valence-electron chi connectivity index (χ4n) is 2.16. The van der Waals surface area contributed by atoms with E-state index in [1.54, 1.807) is 0 Å². The molecule has 0 bridgehead atoms. The molecular weight excluding hydrogens is 278 g/mol. The molecule has 1 saturated heterocycles. The summed E-state index contributed by atoms with van der Waals surface area (Å²) in [5.74, 6) is -0.444. The first-order valence-electron chi connectivity index (χ1n) is 6.48. The average molecular weight is 293 g/mol.